The molecule has 4 N–H and O–H groups in total. The first-order valence-corrected chi connectivity index (χ1v) is 6.31. The number of rotatable bonds is 6. The Balaban J connectivity index is 2.79. The van der Waals surface area contributed by atoms with Crippen LogP contribution in [0.5, 0.6) is 0 Å². The zero-order chi connectivity index (χ0) is 15.8. The summed E-state index contributed by atoms with van der Waals surface area (Å²) < 4.78 is 13.7. The molecule has 0 unspecified atom stereocenters. The highest BCUT2D eigenvalue weighted by atomic mass is 35.5. The number of nitrogens with one attached hydrogen (secondary N) is 1. The number of carbonyl (C=O) groups excluding carboxylic acids is 1. The molecule has 0 saturated heterocycles. The van der Waals surface area contributed by atoms with E-state index in [0.29, 0.717) is 5.56 Å². The smallest absolute Gasteiger partial charge is 0.241 e. The van der Waals surface area contributed by atoms with Gasteiger partial charge in [-0.15, -0.1) is 0 Å². The Bertz CT molecular complexity index is 637. The van der Waals surface area contributed by atoms with E-state index in [1.807, 2.05) is 0 Å². The summed E-state index contributed by atoms with van der Waals surface area (Å²) in [5.74, 6) is -1.20. The molecule has 0 aliphatic heterocycles. The van der Waals surface area contributed by atoms with E-state index >= 15 is 0 Å². The fourth-order valence-electron chi connectivity index (χ4n) is 1.42. The molecule has 1 rings (SSSR count). The monoisotopic (exact) mass is 308 g/mol. The van der Waals surface area contributed by atoms with Crippen LogP contribution in [0.15, 0.2) is 53.6 Å². The highest BCUT2D eigenvalue weighted by Crippen LogP contribution is 2.12. The minimum Gasteiger partial charge on any atom is -0.392 e. The van der Waals surface area contributed by atoms with Crippen LogP contribution in [-0.4, -0.2) is 16.7 Å². The third-order valence-corrected chi connectivity index (χ3v) is 2.68. The molecule has 0 heterocycles. The molecule has 1 aromatic carbocycles. The lowest BCUT2D eigenvalue weighted by Crippen LogP contribution is -2.05. The van der Waals surface area contributed by atoms with Crippen LogP contribution >= 0.6 is 11.6 Å². The SMILES string of the molecule is N=C(\C=C/C=C(Cl)/C=C/C(N)=O)c1ccc(CO)cc1F. The van der Waals surface area contributed by atoms with Crippen LogP contribution in [0.3, 0.4) is 0 Å². The molecule has 21 heavy (non-hydrogen) atoms. The number of aliphatic hydroxyl groups excluding tert-OH is 1. The van der Waals surface area contributed by atoms with Crippen LogP contribution < -0.4 is 5.73 Å². The molecule has 0 saturated carbocycles. The topological polar surface area (TPSA) is 87.2 Å². The second kappa shape index (κ2) is 8.14. The first kappa shape index (κ1) is 16.8. The summed E-state index contributed by atoms with van der Waals surface area (Å²) in [4.78, 5) is 10.5. The Hall–Kier alpha value is -2.24. The summed E-state index contributed by atoms with van der Waals surface area (Å²) in [7, 11) is 0. The summed E-state index contributed by atoms with van der Waals surface area (Å²) in [6.07, 6.45) is 6.67. The summed E-state index contributed by atoms with van der Waals surface area (Å²) in [6, 6.07) is 4.14. The van der Waals surface area contributed by atoms with Gasteiger partial charge in [-0.3, -0.25) is 4.79 Å². The molecular weight excluding hydrogens is 295 g/mol. The van der Waals surface area contributed by atoms with Crippen LogP contribution in [0.1, 0.15) is 11.1 Å². The van der Waals surface area contributed by atoms with Gasteiger partial charge >= 0.3 is 0 Å². The van der Waals surface area contributed by atoms with Crippen molar-refractivity contribution in [1.29, 1.82) is 5.41 Å². The minimum atomic E-state index is -0.621. The van der Waals surface area contributed by atoms with Crippen molar-refractivity contribution in [3.05, 3.63) is 70.6 Å². The Labute approximate surface area is 126 Å². The van der Waals surface area contributed by atoms with Crippen LogP contribution in [0.2, 0.25) is 0 Å². The van der Waals surface area contributed by atoms with Crippen LogP contribution in [0.4, 0.5) is 4.39 Å². The molecule has 0 spiro atoms. The van der Waals surface area contributed by atoms with Crippen molar-refractivity contribution in [3.63, 3.8) is 0 Å². The van der Waals surface area contributed by atoms with Gasteiger partial charge in [-0.25, -0.2) is 4.39 Å². The molecular formula is C15H14ClFN2O2. The van der Waals surface area contributed by atoms with Gasteiger partial charge in [-0.1, -0.05) is 23.7 Å². The van der Waals surface area contributed by atoms with E-state index in [0.717, 1.165) is 6.08 Å². The molecule has 0 fully saturated rings. The van der Waals surface area contributed by atoms with E-state index in [1.54, 1.807) is 6.07 Å². The third kappa shape index (κ3) is 5.72. The minimum absolute atomic E-state index is 0.0448. The van der Waals surface area contributed by atoms with E-state index < -0.39 is 11.7 Å². The van der Waals surface area contributed by atoms with E-state index in [4.69, 9.17) is 27.9 Å². The average Bonchev–Trinajstić information content (AvgIpc) is 2.44. The molecule has 0 radical (unpaired) electrons. The Morgan fingerprint density at radius 2 is 2.10 bits per heavy atom. The maximum atomic E-state index is 13.7. The molecule has 6 heteroatoms. The van der Waals surface area contributed by atoms with Gasteiger partial charge in [-0.2, -0.15) is 0 Å². The highest BCUT2D eigenvalue weighted by Gasteiger charge is 2.06. The molecule has 0 atom stereocenters. The molecule has 1 amide bonds. The summed E-state index contributed by atoms with van der Waals surface area (Å²) in [5, 5.41) is 16.9. The summed E-state index contributed by atoms with van der Waals surface area (Å²) in [5.41, 5.74) is 5.42. The highest BCUT2D eigenvalue weighted by molar-refractivity contribution is 6.31. The number of aliphatic hydroxyl groups is 1. The van der Waals surface area contributed by atoms with E-state index in [-0.39, 0.29) is 22.9 Å². The first-order valence-electron chi connectivity index (χ1n) is 5.93. The maximum absolute atomic E-state index is 13.7. The number of halogens is 2. The fraction of sp³-hybridized carbons (Fsp3) is 0.0667. The molecule has 0 aliphatic carbocycles. The van der Waals surface area contributed by atoms with Crippen molar-refractivity contribution >= 4 is 23.2 Å². The average molecular weight is 309 g/mol. The number of nitrogens with two attached hydrogens (primary N) is 1. The normalized spacial score (nSPS) is 12.2. The van der Waals surface area contributed by atoms with E-state index in [9.17, 15) is 9.18 Å². The van der Waals surface area contributed by atoms with Gasteiger partial charge in [0.15, 0.2) is 0 Å². The predicted octanol–water partition coefficient (Wildman–Crippen LogP) is 2.41. The second-order valence-corrected chi connectivity index (χ2v) is 4.47. The quantitative estimate of drug-likeness (QED) is 0.428. The second-order valence-electron chi connectivity index (χ2n) is 4.03. The van der Waals surface area contributed by atoms with Crippen molar-refractivity contribution in [3.8, 4) is 0 Å². The number of amides is 1. The number of carbonyl (C=O) groups is 1. The van der Waals surface area contributed by atoms with E-state index in [2.05, 4.69) is 0 Å². The van der Waals surface area contributed by atoms with Gasteiger partial charge in [0, 0.05) is 16.7 Å². The first-order chi connectivity index (χ1) is 9.93. The molecule has 4 nitrogen and oxygen atoms in total. The number of benzene rings is 1. The summed E-state index contributed by atoms with van der Waals surface area (Å²) >= 11 is 5.77. The standard InChI is InChI=1S/C15H14ClFN2O2/c16-11(5-7-15(19)21)2-1-3-14(18)12-6-4-10(9-20)8-13(12)17/h1-8,18,20H,9H2,(H2,19,21)/b3-1-,7-5+,11-2-,18-14?. The number of hydrogen-bond acceptors (Lipinski definition) is 3. The fourth-order valence-corrected chi connectivity index (χ4v) is 1.55. The number of hydrogen-bond donors (Lipinski definition) is 3. The maximum Gasteiger partial charge on any atom is 0.241 e. The predicted molar refractivity (Wildman–Crippen MR) is 80.6 cm³/mol. The van der Waals surface area contributed by atoms with Gasteiger partial charge in [-0.05, 0) is 35.9 Å². The molecule has 1 aromatic rings. The van der Waals surface area contributed by atoms with Crippen LogP contribution in [0, 0.1) is 11.2 Å². The van der Waals surface area contributed by atoms with Crippen molar-refractivity contribution in [2.45, 2.75) is 6.61 Å². The van der Waals surface area contributed by atoms with Crippen molar-refractivity contribution in [2.75, 3.05) is 0 Å². The van der Waals surface area contributed by atoms with Gasteiger partial charge in [0.1, 0.15) is 5.82 Å². The van der Waals surface area contributed by atoms with Crippen molar-refractivity contribution < 1.29 is 14.3 Å². The molecule has 0 bridgehead atoms. The molecule has 0 aromatic heterocycles. The van der Waals surface area contributed by atoms with Crippen LogP contribution in [-0.2, 0) is 11.4 Å². The number of primary amides is 1. The van der Waals surface area contributed by atoms with Crippen molar-refractivity contribution in [1.82, 2.24) is 0 Å². The van der Waals surface area contributed by atoms with Crippen molar-refractivity contribution in [2.24, 2.45) is 5.73 Å². The zero-order valence-corrected chi connectivity index (χ0v) is 11.8. The number of allylic oxidation sites excluding steroid dienone is 5. The molecule has 0 aliphatic rings. The Kier molecular flexibility index (Phi) is 6.52. The van der Waals surface area contributed by atoms with E-state index in [1.165, 1.54) is 36.4 Å². The third-order valence-electron chi connectivity index (χ3n) is 2.43. The van der Waals surface area contributed by atoms with Gasteiger partial charge in [0.05, 0.1) is 12.3 Å². The Morgan fingerprint density at radius 3 is 2.67 bits per heavy atom. The zero-order valence-electron chi connectivity index (χ0n) is 11.0. The lowest BCUT2D eigenvalue weighted by atomic mass is 10.1. The van der Waals surface area contributed by atoms with Gasteiger partial charge in [0.2, 0.25) is 5.91 Å². The van der Waals surface area contributed by atoms with Gasteiger partial charge in [0.25, 0.3) is 0 Å². The largest absolute Gasteiger partial charge is 0.392 e. The Morgan fingerprint density at radius 1 is 1.38 bits per heavy atom. The lowest BCUT2D eigenvalue weighted by molar-refractivity contribution is -0.113. The lowest BCUT2D eigenvalue weighted by Gasteiger charge is -2.03. The molecule has 110 valence electrons. The van der Waals surface area contributed by atoms with Crippen LogP contribution in [0.25, 0.3) is 0 Å². The summed E-state index contributed by atoms with van der Waals surface area (Å²) in [6.45, 7) is -0.259. The van der Waals surface area contributed by atoms with Gasteiger partial charge < -0.3 is 16.2 Å².